The van der Waals surface area contributed by atoms with E-state index in [1.54, 1.807) is 0 Å². The molecule has 12 aromatic rings. The molecule has 10 aromatic carbocycles. The van der Waals surface area contributed by atoms with E-state index in [0.717, 1.165) is 44.3 Å². The molecule has 3 heteroatoms. The second-order valence-electron chi connectivity index (χ2n) is 14.9. The molecule has 0 aliphatic rings. The normalized spacial score (nSPS) is 11.9. The van der Waals surface area contributed by atoms with Crippen LogP contribution in [0.25, 0.3) is 115 Å². The van der Waals surface area contributed by atoms with Gasteiger partial charge in [-0.15, -0.1) is 0 Å². The van der Waals surface area contributed by atoms with Crippen LogP contribution in [-0.2, 0) is 0 Å². The quantitative estimate of drug-likeness (QED) is 0.169. The number of aromatic nitrogens is 3. The summed E-state index contributed by atoms with van der Waals surface area (Å²) < 4.78 is 2.42. The van der Waals surface area contributed by atoms with E-state index in [0.29, 0.717) is 0 Å². The van der Waals surface area contributed by atoms with Crippen molar-refractivity contribution in [2.45, 2.75) is 0 Å². The van der Waals surface area contributed by atoms with Crippen molar-refractivity contribution in [3.05, 3.63) is 200 Å². The van der Waals surface area contributed by atoms with Crippen LogP contribution < -0.4 is 0 Å². The van der Waals surface area contributed by atoms with Gasteiger partial charge in [0.1, 0.15) is 0 Å². The Labute approximate surface area is 328 Å². The number of rotatable bonds is 4. The number of nitrogens with zero attached hydrogens (tertiary/aromatic N) is 3. The molecule has 0 aliphatic heterocycles. The van der Waals surface area contributed by atoms with Gasteiger partial charge in [0, 0.05) is 32.8 Å². The van der Waals surface area contributed by atoms with Gasteiger partial charge in [-0.1, -0.05) is 164 Å². The molecule has 0 saturated carbocycles. The van der Waals surface area contributed by atoms with Crippen molar-refractivity contribution >= 4 is 75.9 Å². The fourth-order valence-electron chi connectivity index (χ4n) is 9.24. The zero-order valence-electron chi connectivity index (χ0n) is 30.9. The van der Waals surface area contributed by atoms with Crippen LogP contribution in [0, 0.1) is 0 Å². The number of benzene rings is 10. The smallest absolute Gasteiger partial charge is 0.0979 e. The van der Waals surface area contributed by atoms with Crippen LogP contribution in [0.4, 0.5) is 0 Å². The van der Waals surface area contributed by atoms with Crippen molar-refractivity contribution in [3.63, 3.8) is 0 Å². The molecule has 0 spiro atoms. The number of para-hydroxylation sites is 2. The molecule has 0 unspecified atom stereocenters. The molecular weight excluding hydrogens is 691 g/mol. The van der Waals surface area contributed by atoms with Gasteiger partial charge in [-0.3, -0.25) is 4.98 Å². The molecule has 2 heterocycles. The molecule has 0 atom stereocenters. The van der Waals surface area contributed by atoms with E-state index in [1.807, 2.05) is 6.20 Å². The Morgan fingerprint density at radius 2 is 0.860 bits per heavy atom. The molecule has 0 saturated heterocycles. The number of hydrogen-bond acceptors (Lipinski definition) is 2. The van der Waals surface area contributed by atoms with E-state index in [-0.39, 0.29) is 0 Å². The van der Waals surface area contributed by atoms with Gasteiger partial charge < -0.3 is 4.57 Å². The number of fused-ring (bicyclic) bond motifs is 11. The Kier molecular flexibility index (Phi) is 6.93. The highest BCUT2D eigenvalue weighted by Gasteiger charge is 2.18. The summed E-state index contributed by atoms with van der Waals surface area (Å²) >= 11 is 0. The molecule has 0 aliphatic carbocycles. The standard InChI is InChI=1S/C54H33N3/c1-2-17-38-35(14-1)31-37(57-51-26-11-9-22-45(51)46-23-10-12-27-52(46)57)32-49(38)44-29-28-39(40-18-3-4-19-41(40)44)34-15-13-16-36(30-34)50-33-55-53-47-24-7-5-20-42(47)43-21-6-8-25-48(43)54(53)56-50/h1-33H. The molecule has 57 heavy (non-hydrogen) atoms. The van der Waals surface area contributed by atoms with E-state index in [9.17, 15) is 0 Å². The summed E-state index contributed by atoms with van der Waals surface area (Å²) in [4.78, 5) is 10.4. The van der Waals surface area contributed by atoms with Crippen LogP contribution in [-0.4, -0.2) is 14.5 Å². The zero-order chi connectivity index (χ0) is 37.5. The molecule has 0 fully saturated rings. The maximum atomic E-state index is 5.31. The lowest BCUT2D eigenvalue weighted by Gasteiger charge is -2.17. The molecule has 0 radical (unpaired) electrons. The summed E-state index contributed by atoms with van der Waals surface area (Å²) in [6.45, 7) is 0. The first-order valence-electron chi connectivity index (χ1n) is 19.5. The first kappa shape index (κ1) is 31.7. The topological polar surface area (TPSA) is 30.7 Å². The average Bonchev–Trinajstić information content (AvgIpc) is 3.63. The van der Waals surface area contributed by atoms with Crippen LogP contribution in [0.3, 0.4) is 0 Å². The van der Waals surface area contributed by atoms with Crippen LogP contribution in [0.1, 0.15) is 0 Å². The Hall–Kier alpha value is -7.62. The molecule has 12 rings (SSSR count). The molecular formula is C54H33N3. The summed E-state index contributed by atoms with van der Waals surface area (Å²) in [5.41, 5.74) is 12.1. The Morgan fingerprint density at radius 1 is 0.333 bits per heavy atom. The maximum absolute atomic E-state index is 5.31. The van der Waals surface area contributed by atoms with Crippen LogP contribution >= 0.6 is 0 Å². The third-order valence-corrected chi connectivity index (χ3v) is 11.8. The molecule has 0 bridgehead atoms. The summed E-state index contributed by atoms with van der Waals surface area (Å²) in [6, 6.07) is 70.2. The highest BCUT2D eigenvalue weighted by molar-refractivity contribution is 6.23. The summed E-state index contributed by atoms with van der Waals surface area (Å²) in [6.07, 6.45) is 1.93. The lowest BCUT2D eigenvalue weighted by molar-refractivity contribution is 1.19. The van der Waals surface area contributed by atoms with Gasteiger partial charge >= 0.3 is 0 Å². The van der Waals surface area contributed by atoms with Gasteiger partial charge in [-0.25, -0.2) is 4.98 Å². The van der Waals surface area contributed by atoms with E-state index in [2.05, 4.69) is 199 Å². The minimum Gasteiger partial charge on any atom is -0.309 e. The van der Waals surface area contributed by atoms with E-state index < -0.39 is 0 Å². The highest BCUT2D eigenvalue weighted by Crippen LogP contribution is 2.42. The lowest BCUT2D eigenvalue weighted by atomic mass is 9.89. The first-order valence-corrected chi connectivity index (χ1v) is 19.5. The van der Waals surface area contributed by atoms with Gasteiger partial charge in [0.15, 0.2) is 0 Å². The minimum absolute atomic E-state index is 0.860. The average molecular weight is 724 g/mol. The monoisotopic (exact) mass is 723 g/mol. The second kappa shape index (κ2) is 12.5. The van der Waals surface area contributed by atoms with Crippen molar-refractivity contribution in [2.24, 2.45) is 0 Å². The number of hydrogen-bond donors (Lipinski definition) is 0. The summed E-state index contributed by atoms with van der Waals surface area (Å²) in [7, 11) is 0. The van der Waals surface area contributed by atoms with Gasteiger partial charge in [-0.05, 0) is 84.9 Å². The van der Waals surface area contributed by atoms with Crippen molar-refractivity contribution in [3.8, 4) is 39.2 Å². The summed E-state index contributed by atoms with van der Waals surface area (Å²) in [5.74, 6) is 0. The lowest BCUT2D eigenvalue weighted by Crippen LogP contribution is -1.96. The van der Waals surface area contributed by atoms with Crippen LogP contribution in [0.5, 0.6) is 0 Å². The third-order valence-electron chi connectivity index (χ3n) is 11.8. The maximum Gasteiger partial charge on any atom is 0.0979 e. The minimum atomic E-state index is 0.860. The van der Waals surface area contributed by atoms with Crippen molar-refractivity contribution in [2.75, 3.05) is 0 Å². The van der Waals surface area contributed by atoms with Crippen molar-refractivity contribution in [1.29, 1.82) is 0 Å². The van der Waals surface area contributed by atoms with Gasteiger partial charge in [0.05, 0.1) is 34.0 Å². The summed E-state index contributed by atoms with van der Waals surface area (Å²) in [5, 5.41) is 12.0. The molecule has 3 nitrogen and oxygen atoms in total. The largest absolute Gasteiger partial charge is 0.309 e. The first-order chi connectivity index (χ1) is 28.3. The SMILES string of the molecule is c1cc(-c2cnc3c4ccccc4c4ccccc4c3n2)cc(-c2ccc(-c3cc(-n4c5ccccc5c5ccccc54)cc4ccccc34)c3ccccc23)c1. The van der Waals surface area contributed by atoms with Gasteiger partial charge in [-0.2, -0.15) is 0 Å². The molecule has 0 amide bonds. The fraction of sp³-hybridized carbons (Fsp3) is 0. The molecule has 0 N–H and O–H groups in total. The Bertz CT molecular complexity index is 3510. The molecule has 264 valence electrons. The fourth-order valence-corrected chi connectivity index (χ4v) is 9.24. The van der Waals surface area contributed by atoms with Gasteiger partial charge in [0.25, 0.3) is 0 Å². The van der Waals surface area contributed by atoms with E-state index in [1.165, 1.54) is 70.8 Å². The second-order valence-corrected chi connectivity index (χ2v) is 14.9. The van der Waals surface area contributed by atoms with E-state index in [4.69, 9.17) is 9.97 Å². The Morgan fingerprint density at radius 3 is 1.56 bits per heavy atom. The predicted octanol–water partition coefficient (Wildman–Crippen LogP) is 14.3. The highest BCUT2D eigenvalue weighted by atomic mass is 15.0. The predicted molar refractivity (Wildman–Crippen MR) is 240 cm³/mol. The van der Waals surface area contributed by atoms with Crippen molar-refractivity contribution in [1.82, 2.24) is 14.5 Å². The van der Waals surface area contributed by atoms with Crippen LogP contribution in [0.15, 0.2) is 200 Å². The molecule has 2 aromatic heterocycles. The van der Waals surface area contributed by atoms with E-state index >= 15 is 0 Å². The van der Waals surface area contributed by atoms with Crippen molar-refractivity contribution < 1.29 is 0 Å². The zero-order valence-corrected chi connectivity index (χ0v) is 30.9. The van der Waals surface area contributed by atoms with Gasteiger partial charge in [0.2, 0.25) is 0 Å². The Balaban J connectivity index is 1.03. The third kappa shape index (κ3) is 4.86. The van der Waals surface area contributed by atoms with Crippen LogP contribution in [0.2, 0.25) is 0 Å².